The first-order valence-corrected chi connectivity index (χ1v) is 4.64. The molecule has 3 heteroatoms. The van der Waals surface area contributed by atoms with E-state index in [1.807, 2.05) is 5.38 Å². The van der Waals surface area contributed by atoms with Gasteiger partial charge in [-0.05, 0) is 18.4 Å². The maximum atomic E-state index is 11.0. The molecule has 0 aliphatic heterocycles. The Hall–Kier alpha value is -1.40. The summed E-state index contributed by atoms with van der Waals surface area (Å²) in [5.41, 5.74) is 0.722. The van der Waals surface area contributed by atoms with Gasteiger partial charge in [0.25, 0.3) is 0 Å². The molecule has 13 heavy (non-hydrogen) atoms. The molecule has 1 aromatic heterocycles. The van der Waals surface area contributed by atoms with E-state index < -0.39 is 0 Å². The van der Waals surface area contributed by atoms with Crippen LogP contribution < -0.4 is 0 Å². The first-order chi connectivity index (χ1) is 6.25. The Morgan fingerprint density at radius 1 is 1.69 bits per heavy atom. The molecule has 0 aromatic carbocycles. The molecular formula is C10H8O2S. The molecule has 0 N–H and O–H groups in total. The van der Waals surface area contributed by atoms with Crippen molar-refractivity contribution in [2.45, 2.75) is 13.3 Å². The quantitative estimate of drug-likeness (QED) is 0.407. The van der Waals surface area contributed by atoms with E-state index in [2.05, 4.69) is 11.8 Å². The molecule has 0 radical (unpaired) electrons. The summed E-state index contributed by atoms with van der Waals surface area (Å²) in [6, 6.07) is 1.79. The van der Waals surface area contributed by atoms with Crippen molar-refractivity contribution in [2.75, 3.05) is 0 Å². The summed E-state index contributed by atoms with van der Waals surface area (Å²) in [6.07, 6.45) is 0.958. The summed E-state index contributed by atoms with van der Waals surface area (Å²) in [4.78, 5) is 21.7. The molecule has 0 fully saturated rings. The number of hydrogen-bond donors (Lipinski definition) is 0. The first-order valence-electron chi connectivity index (χ1n) is 3.76. The van der Waals surface area contributed by atoms with Crippen LogP contribution in [-0.2, 0) is 4.79 Å². The monoisotopic (exact) mass is 192 g/mol. The average Bonchev–Trinajstić information content (AvgIpc) is 2.53. The van der Waals surface area contributed by atoms with Crippen molar-refractivity contribution in [3.63, 3.8) is 0 Å². The van der Waals surface area contributed by atoms with Gasteiger partial charge in [-0.25, -0.2) is 0 Å². The van der Waals surface area contributed by atoms with Crippen molar-refractivity contribution in [3.05, 3.63) is 21.9 Å². The highest BCUT2D eigenvalue weighted by Crippen LogP contribution is 2.15. The molecule has 66 valence electrons. The van der Waals surface area contributed by atoms with E-state index in [-0.39, 0.29) is 12.2 Å². The number of ketones is 1. The highest BCUT2D eigenvalue weighted by molar-refractivity contribution is 7.12. The van der Waals surface area contributed by atoms with Crippen LogP contribution in [0, 0.1) is 11.8 Å². The van der Waals surface area contributed by atoms with Gasteiger partial charge in [0.05, 0.1) is 11.3 Å². The molecule has 0 aliphatic rings. The largest absolute Gasteiger partial charge is 0.302 e. The Bertz CT molecular complexity index is 379. The lowest BCUT2D eigenvalue weighted by molar-refractivity contribution is -0.107. The molecule has 0 aliphatic carbocycles. The van der Waals surface area contributed by atoms with Crippen LogP contribution in [0.3, 0.4) is 0 Å². The number of carbonyl (C=O) groups is 2. The SMILES string of the molecule is CC(=O)c1sccc1C#CCC=O. The average molecular weight is 192 g/mol. The topological polar surface area (TPSA) is 34.1 Å². The zero-order valence-electron chi connectivity index (χ0n) is 7.16. The standard InChI is InChI=1S/C10H8O2S/c1-8(12)10-9(5-7-13-10)4-2-3-6-11/h5-7H,3H2,1H3. The van der Waals surface area contributed by atoms with Crippen LogP contribution in [-0.4, -0.2) is 12.1 Å². The van der Waals surface area contributed by atoms with Gasteiger partial charge in [0.1, 0.15) is 6.29 Å². The van der Waals surface area contributed by atoms with Crippen LogP contribution in [0.15, 0.2) is 11.4 Å². The fraction of sp³-hybridized carbons (Fsp3) is 0.200. The fourth-order valence-electron chi connectivity index (χ4n) is 0.868. The van der Waals surface area contributed by atoms with Crippen molar-refractivity contribution in [1.29, 1.82) is 0 Å². The molecular weight excluding hydrogens is 184 g/mol. The molecule has 0 amide bonds. The second kappa shape index (κ2) is 4.58. The maximum absolute atomic E-state index is 11.0. The lowest BCUT2D eigenvalue weighted by atomic mass is 10.2. The molecule has 0 atom stereocenters. The van der Waals surface area contributed by atoms with E-state index in [0.29, 0.717) is 4.88 Å². The smallest absolute Gasteiger partial charge is 0.170 e. The van der Waals surface area contributed by atoms with Crippen LogP contribution in [0.4, 0.5) is 0 Å². The minimum atomic E-state index is 0.0189. The van der Waals surface area contributed by atoms with Crippen molar-refractivity contribution >= 4 is 23.4 Å². The Morgan fingerprint density at radius 2 is 2.46 bits per heavy atom. The van der Waals surface area contributed by atoms with E-state index in [0.717, 1.165) is 11.8 Å². The number of hydrogen-bond acceptors (Lipinski definition) is 3. The van der Waals surface area contributed by atoms with Crippen LogP contribution >= 0.6 is 11.3 Å². The molecule has 2 nitrogen and oxygen atoms in total. The lowest BCUT2D eigenvalue weighted by Crippen LogP contribution is -1.89. The van der Waals surface area contributed by atoms with Gasteiger partial charge < -0.3 is 4.79 Å². The van der Waals surface area contributed by atoms with Crippen LogP contribution in [0.5, 0.6) is 0 Å². The van der Waals surface area contributed by atoms with E-state index >= 15 is 0 Å². The zero-order valence-corrected chi connectivity index (χ0v) is 7.98. The third-order valence-corrected chi connectivity index (χ3v) is 2.41. The number of rotatable bonds is 2. The molecule has 0 saturated heterocycles. The van der Waals surface area contributed by atoms with E-state index in [4.69, 9.17) is 0 Å². The van der Waals surface area contributed by atoms with Gasteiger partial charge in [-0.3, -0.25) is 4.79 Å². The van der Waals surface area contributed by atoms with Crippen molar-refractivity contribution in [2.24, 2.45) is 0 Å². The van der Waals surface area contributed by atoms with Gasteiger partial charge in [-0.2, -0.15) is 0 Å². The van der Waals surface area contributed by atoms with Crippen molar-refractivity contribution in [1.82, 2.24) is 0 Å². The number of thiophene rings is 1. The van der Waals surface area contributed by atoms with Crippen molar-refractivity contribution < 1.29 is 9.59 Å². The minimum Gasteiger partial charge on any atom is -0.302 e. The van der Waals surface area contributed by atoms with Gasteiger partial charge in [-0.1, -0.05) is 11.8 Å². The minimum absolute atomic E-state index is 0.0189. The molecule has 1 aromatic rings. The Kier molecular flexibility index (Phi) is 3.41. The van der Waals surface area contributed by atoms with Gasteiger partial charge in [0.15, 0.2) is 5.78 Å². The lowest BCUT2D eigenvalue weighted by Gasteiger charge is -1.88. The molecule has 1 heterocycles. The third kappa shape index (κ3) is 2.53. The molecule has 0 bridgehead atoms. The third-order valence-electron chi connectivity index (χ3n) is 1.39. The second-order valence-corrected chi connectivity index (χ2v) is 3.31. The molecule has 1 rings (SSSR count). The fourth-order valence-corrected chi connectivity index (χ4v) is 1.62. The van der Waals surface area contributed by atoms with Crippen LogP contribution in [0.2, 0.25) is 0 Å². The summed E-state index contributed by atoms with van der Waals surface area (Å²) < 4.78 is 0. The Labute approximate surface area is 80.6 Å². The first kappa shape index (κ1) is 9.69. The summed E-state index contributed by atoms with van der Waals surface area (Å²) in [7, 11) is 0. The van der Waals surface area contributed by atoms with Crippen molar-refractivity contribution in [3.8, 4) is 11.8 Å². The maximum Gasteiger partial charge on any atom is 0.170 e. The molecule has 0 unspecified atom stereocenters. The van der Waals surface area contributed by atoms with E-state index in [1.165, 1.54) is 18.3 Å². The van der Waals surface area contributed by atoms with Crippen LogP contribution in [0.1, 0.15) is 28.6 Å². The predicted molar refractivity (Wildman–Crippen MR) is 51.9 cm³/mol. The summed E-state index contributed by atoms with van der Waals surface area (Å²) in [6.45, 7) is 1.51. The summed E-state index contributed by atoms with van der Waals surface area (Å²) in [5, 5.41) is 1.82. The van der Waals surface area contributed by atoms with Crippen LogP contribution in [0.25, 0.3) is 0 Å². The Morgan fingerprint density at radius 3 is 3.08 bits per heavy atom. The number of aldehydes is 1. The normalized spacial score (nSPS) is 8.69. The van der Waals surface area contributed by atoms with Gasteiger partial charge in [-0.15, -0.1) is 11.3 Å². The van der Waals surface area contributed by atoms with Gasteiger partial charge in [0, 0.05) is 5.56 Å². The van der Waals surface area contributed by atoms with Gasteiger partial charge >= 0.3 is 0 Å². The second-order valence-electron chi connectivity index (χ2n) is 2.39. The van der Waals surface area contributed by atoms with E-state index in [1.54, 1.807) is 6.07 Å². The zero-order chi connectivity index (χ0) is 9.68. The molecule has 0 saturated carbocycles. The highest BCUT2D eigenvalue weighted by atomic mass is 32.1. The Balaban J connectivity index is 2.90. The number of carbonyl (C=O) groups excluding carboxylic acids is 2. The predicted octanol–water partition coefficient (Wildman–Crippen LogP) is 1.89. The highest BCUT2D eigenvalue weighted by Gasteiger charge is 2.05. The van der Waals surface area contributed by atoms with E-state index in [9.17, 15) is 9.59 Å². The summed E-state index contributed by atoms with van der Waals surface area (Å²) >= 11 is 1.38. The molecule has 0 spiro atoms. The summed E-state index contributed by atoms with van der Waals surface area (Å²) in [5.74, 6) is 5.47. The van der Waals surface area contributed by atoms with Gasteiger partial charge in [0.2, 0.25) is 0 Å². The number of Topliss-reactive ketones (excluding diaryl/α,β-unsaturated/α-hetero) is 1.